The van der Waals surface area contributed by atoms with E-state index in [-0.39, 0.29) is 11.6 Å². The van der Waals surface area contributed by atoms with Gasteiger partial charge in [-0.1, -0.05) is 17.3 Å². The summed E-state index contributed by atoms with van der Waals surface area (Å²) < 4.78 is 9.63. The van der Waals surface area contributed by atoms with Crippen LogP contribution in [0.4, 0.5) is 0 Å². The fourth-order valence-corrected chi connectivity index (χ4v) is 1.35. The van der Waals surface area contributed by atoms with E-state index in [1.165, 1.54) is 12.3 Å². The lowest BCUT2D eigenvalue weighted by atomic mass is 10.2. The Hall–Kier alpha value is -2.30. The summed E-state index contributed by atoms with van der Waals surface area (Å²) in [5.41, 5.74) is 1.26. The molecule has 1 amide bonds. The van der Waals surface area contributed by atoms with Gasteiger partial charge in [-0.05, 0) is 17.7 Å². The molecule has 0 saturated carbocycles. The Morgan fingerprint density at radius 3 is 2.71 bits per heavy atom. The number of rotatable bonds is 4. The molecule has 1 heterocycles. The van der Waals surface area contributed by atoms with E-state index in [9.17, 15) is 4.79 Å². The van der Waals surface area contributed by atoms with E-state index in [0.29, 0.717) is 6.54 Å². The van der Waals surface area contributed by atoms with Crippen LogP contribution < -0.4 is 10.1 Å². The Kier molecular flexibility index (Phi) is 3.40. The van der Waals surface area contributed by atoms with Crippen LogP contribution in [0.15, 0.2) is 41.1 Å². The van der Waals surface area contributed by atoms with E-state index in [1.54, 1.807) is 7.11 Å². The second-order valence-electron chi connectivity index (χ2n) is 3.42. The molecule has 0 aliphatic carbocycles. The number of ether oxygens (including phenoxy) is 1. The lowest BCUT2D eigenvalue weighted by Crippen LogP contribution is -2.22. The van der Waals surface area contributed by atoms with Crippen LogP contribution >= 0.6 is 0 Å². The van der Waals surface area contributed by atoms with Crippen LogP contribution in [0.2, 0.25) is 0 Å². The van der Waals surface area contributed by atoms with Crippen molar-refractivity contribution in [2.75, 3.05) is 7.11 Å². The molecular weight excluding hydrogens is 220 g/mol. The minimum absolute atomic E-state index is 0.255. The van der Waals surface area contributed by atoms with E-state index in [0.717, 1.165) is 11.3 Å². The Morgan fingerprint density at radius 1 is 1.35 bits per heavy atom. The Morgan fingerprint density at radius 2 is 2.12 bits per heavy atom. The summed E-state index contributed by atoms with van der Waals surface area (Å²) >= 11 is 0. The zero-order valence-electron chi connectivity index (χ0n) is 9.34. The van der Waals surface area contributed by atoms with Crippen LogP contribution in [-0.2, 0) is 6.54 Å². The van der Waals surface area contributed by atoms with Crippen LogP contribution in [0, 0.1) is 0 Å². The molecule has 0 spiro atoms. The number of carbonyl (C=O) groups is 1. The molecule has 5 nitrogen and oxygen atoms in total. The third-order valence-corrected chi connectivity index (χ3v) is 2.28. The molecular formula is C12H12N2O3. The molecule has 5 heteroatoms. The van der Waals surface area contributed by atoms with Crippen molar-refractivity contribution >= 4 is 5.91 Å². The summed E-state index contributed by atoms with van der Waals surface area (Å²) in [4.78, 5) is 11.5. The van der Waals surface area contributed by atoms with Gasteiger partial charge in [-0.25, -0.2) is 0 Å². The fraction of sp³-hybridized carbons (Fsp3) is 0.167. The largest absolute Gasteiger partial charge is 0.497 e. The van der Waals surface area contributed by atoms with Crippen molar-refractivity contribution in [2.45, 2.75) is 6.54 Å². The van der Waals surface area contributed by atoms with Gasteiger partial charge in [0.1, 0.15) is 12.0 Å². The Balaban J connectivity index is 1.91. The van der Waals surface area contributed by atoms with Crippen LogP contribution in [-0.4, -0.2) is 18.2 Å². The number of amides is 1. The SMILES string of the molecule is COc1ccc(CNC(=O)c2ccon2)cc1. The lowest BCUT2D eigenvalue weighted by molar-refractivity contribution is 0.0942. The normalized spacial score (nSPS) is 9.94. The number of benzene rings is 1. The van der Waals surface area contributed by atoms with Gasteiger partial charge in [-0.2, -0.15) is 0 Å². The van der Waals surface area contributed by atoms with Gasteiger partial charge in [-0.3, -0.25) is 4.79 Å². The van der Waals surface area contributed by atoms with Crippen LogP contribution in [0.1, 0.15) is 16.1 Å². The predicted octanol–water partition coefficient (Wildman–Crippen LogP) is 1.61. The fourth-order valence-electron chi connectivity index (χ4n) is 1.35. The average molecular weight is 232 g/mol. The minimum atomic E-state index is -0.255. The summed E-state index contributed by atoms with van der Waals surface area (Å²) in [7, 11) is 1.61. The minimum Gasteiger partial charge on any atom is -0.497 e. The maximum Gasteiger partial charge on any atom is 0.273 e. The zero-order chi connectivity index (χ0) is 12.1. The Bertz CT molecular complexity index is 477. The first-order chi connectivity index (χ1) is 8.29. The highest BCUT2D eigenvalue weighted by Crippen LogP contribution is 2.11. The maximum absolute atomic E-state index is 11.5. The van der Waals surface area contributed by atoms with E-state index < -0.39 is 0 Å². The molecule has 0 atom stereocenters. The highest BCUT2D eigenvalue weighted by Gasteiger charge is 2.07. The smallest absolute Gasteiger partial charge is 0.273 e. The summed E-state index contributed by atoms with van der Waals surface area (Å²) in [5.74, 6) is 0.533. The third-order valence-electron chi connectivity index (χ3n) is 2.28. The molecule has 1 aromatic carbocycles. The van der Waals surface area contributed by atoms with Crippen molar-refractivity contribution in [2.24, 2.45) is 0 Å². The first-order valence-electron chi connectivity index (χ1n) is 5.11. The van der Waals surface area contributed by atoms with E-state index in [2.05, 4.69) is 15.0 Å². The van der Waals surface area contributed by atoms with Crippen molar-refractivity contribution in [3.05, 3.63) is 47.9 Å². The number of aromatic nitrogens is 1. The summed E-state index contributed by atoms with van der Waals surface area (Å²) in [6.07, 6.45) is 1.36. The molecule has 17 heavy (non-hydrogen) atoms. The highest BCUT2D eigenvalue weighted by atomic mass is 16.5. The lowest BCUT2D eigenvalue weighted by Gasteiger charge is -2.04. The summed E-state index contributed by atoms with van der Waals surface area (Å²) in [6, 6.07) is 8.99. The molecule has 0 bridgehead atoms. The first kappa shape index (κ1) is 11.2. The number of nitrogens with one attached hydrogen (secondary N) is 1. The van der Waals surface area contributed by atoms with Gasteiger partial charge in [0.15, 0.2) is 5.69 Å². The monoisotopic (exact) mass is 232 g/mol. The van der Waals surface area contributed by atoms with Crippen molar-refractivity contribution in [1.82, 2.24) is 10.5 Å². The molecule has 88 valence electrons. The number of carbonyl (C=O) groups excluding carboxylic acids is 1. The molecule has 2 aromatic rings. The van der Waals surface area contributed by atoms with E-state index in [4.69, 9.17) is 4.74 Å². The average Bonchev–Trinajstić information content (AvgIpc) is 2.90. The van der Waals surface area contributed by atoms with Crippen LogP contribution in [0.3, 0.4) is 0 Å². The molecule has 0 radical (unpaired) electrons. The zero-order valence-corrected chi connectivity index (χ0v) is 9.34. The van der Waals surface area contributed by atoms with E-state index >= 15 is 0 Å². The van der Waals surface area contributed by atoms with Crippen molar-refractivity contribution in [3.8, 4) is 5.75 Å². The van der Waals surface area contributed by atoms with Crippen LogP contribution in [0.25, 0.3) is 0 Å². The Labute approximate surface area is 98.4 Å². The van der Waals surface area contributed by atoms with Crippen molar-refractivity contribution in [1.29, 1.82) is 0 Å². The number of hydrogen-bond donors (Lipinski definition) is 1. The second kappa shape index (κ2) is 5.16. The molecule has 0 saturated heterocycles. The molecule has 0 aliphatic rings. The molecule has 0 fully saturated rings. The molecule has 1 N–H and O–H groups in total. The topological polar surface area (TPSA) is 64.4 Å². The van der Waals surface area contributed by atoms with Gasteiger partial charge in [-0.15, -0.1) is 0 Å². The molecule has 0 unspecified atom stereocenters. The van der Waals surface area contributed by atoms with Gasteiger partial charge >= 0.3 is 0 Å². The summed E-state index contributed by atoms with van der Waals surface area (Å²) in [5, 5.41) is 6.29. The quantitative estimate of drug-likeness (QED) is 0.869. The van der Waals surface area contributed by atoms with Gasteiger partial charge in [0.05, 0.1) is 7.11 Å². The molecule has 1 aromatic heterocycles. The molecule has 2 rings (SSSR count). The van der Waals surface area contributed by atoms with Crippen LogP contribution in [0.5, 0.6) is 5.75 Å². The van der Waals surface area contributed by atoms with Gasteiger partial charge < -0.3 is 14.6 Å². The first-order valence-corrected chi connectivity index (χ1v) is 5.11. The maximum atomic E-state index is 11.5. The van der Waals surface area contributed by atoms with Crippen molar-refractivity contribution in [3.63, 3.8) is 0 Å². The second-order valence-corrected chi connectivity index (χ2v) is 3.42. The van der Waals surface area contributed by atoms with E-state index in [1.807, 2.05) is 24.3 Å². The van der Waals surface area contributed by atoms with Gasteiger partial charge in [0.25, 0.3) is 5.91 Å². The number of hydrogen-bond acceptors (Lipinski definition) is 4. The third kappa shape index (κ3) is 2.84. The summed E-state index contributed by atoms with van der Waals surface area (Å²) in [6.45, 7) is 0.440. The van der Waals surface area contributed by atoms with Crippen molar-refractivity contribution < 1.29 is 14.1 Å². The van der Waals surface area contributed by atoms with Gasteiger partial charge in [0, 0.05) is 12.6 Å². The highest BCUT2D eigenvalue weighted by molar-refractivity contribution is 5.91. The predicted molar refractivity (Wildman–Crippen MR) is 60.7 cm³/mol. The van der Waals surface area contributed by atoms with Gasteiger partial charge in [0.2, 0.25) is 0 Å². The number of methoxy groups -OCH3 is 1. The standard InChI is InChI=1S/C12H12N2O3/c1-16-10-4-2-9(3-5-10)8-13-12(15)11-6-7-17-14-11/h2-7H,8H2,1H3,(H,13,15). The molecule has 0 aliphatic heterocycles. The number of nitrogens with zero attached hydrogens (tertiary/aromatic N) is 1.